The zero-order valence-corrected chi connectivity index (χ0v) is 11.6. The highest BCUT2D eigenvalue weighted by Gasteiger charge is 2.26. The summed E-state index contributed by atoms with van der Waals surface area (Å²) in [6.07, 6.45) is 1.50. The van der Waals surface area contributed by atoms with Gasteiger partial charge in [-0.1, -0.05) is 11.8 Å². The number of aliphatic carboxylic acids is 1. The Hall–Kier alpha value is -0.970. The number of aromatic nitrogens is 1. The highest BCUT2D eigenvalue weighted by molar-refractivity contribution is 7.99. The van der Waals surface area contributed by atoms with Gasteiger partial charge in [-0.3, -0.25) is 4.79 Å². The Morgan fingerprint density at radius 2 is 2.12 bits per heavy atom. The van der Waals surface area contributed by atoms with Crippen LogP contribution in [0.3, 0.4) is 0 Å². The van der Waals surface area contributed by atoms with Crippen molar-refractivity contribution >= 4 is 17.7 Å². The third kappa shape index (κ3) is 4.07. The zero-order chi connectivity index (χ0) is 13.1. The SMILES string of the molecule is Cc1nc(SCCCC(C)(C)C(=O)O)oc1C. The van der Waals surface area contributed by atoms with Crippen molar-refractivity contribution in [3.05, 3.63) is 11.5 Å². The molecule has 5 heteroatoms. The van der Waals surface area contributed by atoms with Gasteiger partial charge in [0.25, 0.3) is 5.22 Å². The molecule has 1 N–H and O–H groups in total. The first-order valence-electron chi connectivity index (χ1n) is 5.63. The van der Waals surface area contributed by atoms with Crippen LogP contribution < -0.4 is 0 Å². The van der Waals surface area contributed by atoms with E-state index < -0.39 is 11.4 Å². The molecule has 0 aliphatic heterocycles. The largest absolute Gasteiger partial charge is 0.481 e. The third-order valence-corrected chi connectivity index (χ3v) is 3.67. The van der Waals surface area contributed by atoms with Crippen molar-refractivity contribution in [1.82, 2.24) is 4.98 Å². The van der Waals surface area contributed by atoms with Gasteiger partial charge in [0, 0.05) is 5.75 Å². The lowest BCUT2D eigenvalue weighted by Gasteiger charge is -2.17. The number of thioether (sulfide) groups is 1. The van der Waals surface area contributed by atoms with E-state index in [1.165, 1.54) is 11.8 Å². The second-order valence-corrected chi connectivity index (χ2v) is 5.81. The van der Waals surface area contributed by atoms with Gasteiger partial charge in [-0.05, 0) is 40.5 Å². The lowest BCUT2D eigenvalue weighted by Crippen LogP contribution is -2.23. The minimum atomic E-state index is -0.745. The third-order valence-electron chi connectivity index (χ3n) is 2.76. The first-order chi connectivity index (χ1) is 7.83. The van der Waals surface area contributed by atoms with Crippen LogP contribution in [0.4, 0.5) is 0 Å². The number of carboxylic acids is 1. The molecule has 0 aliphatic rings. The van der Waals surface area contributed by atoms with E-state index in [-0.39, 0.29) is 0 Å². The summed E-state index contributed by atoms with van der Waals surface area (Å²) in [6.45, 7) is 7.30. The highest BCUT2D eigenvalue weighted by atomic mass is 32.2. The van der Waals surface area contributed by atoms with E-state index in [0.29, 0.717) is 11.6 Å². The van der Waals surface area contributed by atoms with Gasteiger partial charge in [-0.2, -0.15) is 0 Å². The van der Waals surface area contributed by atoms with Gasteiger partial charge in [0.05, 0.1) is 11.1 Å². The van der Waals surface area contributed by atoms with Gasteiger partial charge in [0.15, 0.2) is 0 Å². The number of carboxylic acid groups (broad SMARTS) is 1. The van der Waals surface area contributed by atoms with E-state index in [1.54, 1.807) is 13.8 Å². The smallest absolute Gasteiger partial charge is 0.309 e. The molecular formula is C12H19NO3S. The van der Waals surface area contributed by atoms with Gasteiger partial charge in [-0.25, -0.2) is 4.98 Å². The van der Waals surface area contributed by atoms with Gasteiger partial charge in [-0.15, -0.1) is 0 Å². The van der Waals surface area contributed by atoms with Crippen molar-refractivity contribution in [2.75, 3.05) is 5.75 Å². The second-order valence-electron chi connectivity index (χ2n) is 4.76. The Morgan fingerprint density at radius 1 is 1.47 bits per heavy atom. The van der Waals surface area contributed by atoms with Crippen molar-refractivity contribution in [2.24, 2.45) is 5.41 Å². The summed E-state index contributed by atoms with van der Waals surface area (Å²) in [6, 6.07) is 0. The normalized spacial score (nSPS) is 11.8. The number of aryl methyl sites for hydroxylation is 2. The predicted molar refractivity (Wildman–Crippen MR) is 67.4 cm³/mol. The van der Waals surface area contributed by atoms with Crippen molar-refractivity contribution in [1.29, 1.82) is 0 Å². The van der Waals surface area contributed by atoms with E-state index >= 15 is 0 Å². The van der Waals surface area contributed by atoms with Crippen molar-refractivity contribution in [3.63, 3.8) is 0 Å². The average Bonchev–Trinajstić information content (AvgIpc) is 2.53. The monoisotopic (exact) mass is 257 g/mol. The van der Waals surface area contributed by atoms with Crippen LogP contribution in [0.1, 0.15) is 38.1 Å². The maximum absolute atomic E-state index is 10.9. The number of hydrogen-bond acceptors (Lipinski definition) is 4. The van der Waals surface area contributed by atoms with Crippen LogP contribution in [-0.2, 0) is 4.79 Å². The molecule has 0 aliphatic carbocycles. The Labute approximate surface area is 106 Å². The summed E-state index contributed by atoms with van der Waals surface area (Å²) in [5.74, 6) is 0.930. The van der Waals surface area contributed by atoms with Gasteiger partial charge in [0.2, 0.25) is 0 Å². The molecule has 1 heterocycles. The average molecular weight is 257 g/mol. The quantitative estimate of drug-likeness (QED) is 0.626. The summed E-state index contributed by atoms with van der Waals surface area (Å²) < 4.78 is 5.43. The van der Waals surface area contributed by atoms with E-state index in [9.17, 15) is 4.79 Å². The molecule has 0 fully saturated rings. The molecule has 1 aromatic heterocycles. The van der Waals surface area contributed by atoms with Crippen LogP contribution in [0.25, 0.3) is 0 Å². The molecule has 0 aromatic carbocycles. The fraction of sp³-hybridized carbons (Fsp3) is 0.667. The van der Waals surface area contributed by atoms with E-state index in [2.05, 4.69) is 4.98 Å². The standard InChI is InChI=1S/C12H19NO3S/c1-8-9(2)16-11(13-8)17-7-5-6-12(3,4)10(14)15/h5-7H2,1-4H3,(H,14,15). The topological polar surface area (TPSA) is 63.3 Å². The fourth-order valence-corrected chi connectivity index (χ4v) is 2.13. The molecule has 0 amide bonds. The molecular weight excluding hydrogens is 238 g/mol. The number of carbonyl (C=O) groups is 1. The Kier molecular flexibility index (Phi) is 4.62. The summed E-state index contributed by atoms with van der Waals surface area (Å²) in [7, 11) is 0. The molecule has 1 aromatic rings. The van der Waals surface area contributed by atoms with Crippen LogP contribution in [0.15, 0.2) is 9.64 Å². The van der Waals surface area contributed by atoms with Crippen LogP contribution in [-0.4, -0.2) is 21.8 Å². The van der Waals surface area contributed by atoms with Crippen molar-refractivity contribution in [2.45, 2.75) is 45.8 Å². The van der Waals surface area contributed by atoms with Gasteiger partial charge < -0.3 is 9.52 Å². The molecule has 0 radical (unpaired) electrons. The Balaban J connectivity index is 2.32. The van der Waals surface area contributed by atoms with Crippen LogP contribution in [0, 0.1) is 19.3 Å². The molecule has 0 unspecified atom stereocenters. The minimum absolute atomic E-state index is 0.650. The summed E-state index contributed by atoms with van der Waals surface area (Å²) in [5.41, 5.74) is 0.265. The predicted octanol–water partition coefficient (Wildman–Crippen LogP) is 3.27. The first-order valence-corrected chi connectivity index (χ1v) is 6.62. The molecule has 96 valence electrons. The van der Waals surface area contributed by atoms with Gasteiger partial charge >= 0.3 is 5.97 Å². The number of oxazole rings is 1. The van der Waals surface area contributed by atoms with Crippen molar-refractivity contribution < 1.29 is 14.3 Å². The van der Waals surface area contributed by atoms with Crippen LogP contribution in [0.2, 0.25) is 0 Å². The maximum Gasteiger partial charge on any atom is 0.309 e. The molecule has 4 nitrogen and oxygen atoms in total. The lowest BCUT2D eigenvalue weighted by molar-refractivity contribution is -0.147. The lowest BCUT2D eigenvalue weighted by atomic mass is 9.88. The molecule has 0 bridgehead atoms. The zero-order valence-electron chi connectivity index (χ0n) is 10.7. The Bertz CT molecular complexity index is 379. The van der Waals surface area contributed by atoms with Crippen LogP contribution >= 0.6 is 11.8 Å². The number of nitrogens with zero attached hydrogens (tertiary/aromatic N) is 1. The summed E-state index contributed by atoms with van der Waals surface area (Å²) in [4.78, 5) is 15.2. The van der Waals surface area contributed by atoms with Gasteiger partial charge in [0.1, 0.15) is 5.76 Å². The molecule has 0 saturated carbocycles. The number of hydrogen-bond donors (Lipinski definition) is 1. The van der Waals surface area contributed by atoms with E-state index in [1.807, 2.05) is 13.8 Å². The van der Waals surface area contributed by atoms with E-state index in [0.717, 1.165) is 23.6 Å². The minimum Gasteiger partial charge on any atom is -0.481 e. The summed E-state index contributed by atoms with van der Waals surface area (Å²) in [5, 5.41) is 9.63. The Morgan fingerprint density at radius 3 is 2.59 bits per heavy atom. The van der Waals surface area contributed by atoms with Crippen molar-refractivity contribution in [3.8, 4) is 0 Å². The maximum atomic E-state index is 10.9. The fourth-order valence-electron chi connectivity index (χ4n) is 1.29. The second kappa shape index (κ2) is 5.58. The van der Waals surface area contributed by atoms with E-state index in [4.69, 9.17) is 9.52 Å². The molecule has 1 rings (SSSR count). The molecule has 0 spiro atoms. The molecule has 17 heavy (non-hydrogen) atoms. The highest BCUT2D eigenvalue weighted by Crippen LogP contribution is 2.26. The molecule has 0 saturated heterocycles. The summed E-state index contributed by atoms with van der Waals surface area (Å²) >= 11 is 1.54. The molecule has 0 atom stereocenters. The number of rotatable bonds is 6. The first kappa shape index (κ1) is 14.1. The van der Waals surface area contributed by atoms with Crippen LogP contribution in [0.5, 0.6) is 0 Å².